The van der Waals surface area contributed by atoms with Gasteiger partial charge in [0.2, 0.25) is 0 Å². The molecule has 2 heteroatoms. The van der Waals surface area contributed by atoms with E-state index in [0.29, 0.717) is 12.5 Å². The Morgan fingerprint density at radius 1 is 1.64 bits per heavy atom. The summed E-state index contributed by atoms with van der Waals surface area (Å²) in [5, 5.41) is 0. The second-order valence-corrected chi connectivity index (χ2v) is 4.25. The van der Waals surface area contributed by atoms with E-state index in [-0.39, 0.29) is 0 Å². The fourth-order valence-electron chi connectivity index (χ4n) is 1.67. The lowest BCUT2D eigenvalue weighted by Gasteiger charge is -1.93. The van der Waals surface area contributed by atoms with Gasteiger partial charge in [-0.25, -0.2) is 0 Å². The molecule has 2 N–H and O–H groups in total. The monoisotopic (exact) mass is 191 g/mol. The number of furan rings is 1. The van der Waals surface area contributed by atoms with E-state index in [1.807, 2.05) is 19.1 Å². The molecule has 0 bridgehead atoms. The Morgan fingerprint density at radius 2 is 2.36 bits per heavy atom. The van der Waals surface area contributed by atoms with Gasteiger partial charge in [-0.3, -0.25) is 0 Å². The van der Waals surface area contributed by atoms with Gasteiger partial charge in [0.05, 0.1) is 0 Å². The molecule has 1 fully saturated rings. The molecule has 0 radical (unpaired) electrons. The minimum atomic E-state index is 0.593. The lowest BCUT2D eigenvalue weighted by Crippen LogP contribution is -1.98. The summed E-state index contributed by atoms with van der Waals surface area (Å²) in [5.41, 5.74) is 6.66. The summed E-state index contributed by atoms with van der Waals surface area (Å²) in [6, 6.07) is 4.11. The van der Waals surface area contributed by atoms with E-state index in [0.717, 1.165) is 23.0 Å². The van der Waals surface area contributed by atoms with Gasteiger partial charge in [0.25, 0.3) is 0 Å². The Bertz CT molecular complexity index is 351. The van der Waals surface area contributed by atoms with Gasteiger partial charge in [-0.05, 0) is 37.5 Å². The first-order valence-corrected chi connectivity index (χ1v) is 5.17. The second-order valence-electron chi connectivity index (χ2n) is 4.25. The van der Waals surface area contributed by atoms with Gasteiger partial charge < -0.3 is 10.2 Å². The lowest BCUT2D eigenvalue weighted by atomic mass is 10.2. The zero-order valence-electron chi connectivity index (χ0n) is 8.79. The van der Waals surface area contributed by atoms with Crippen molar-refractivity contribution < 1.29 is 4.42 Å². The fraction of sp³-hybridized carbons (Fsp3) is 0.500. The highest BCUT2D eigenvalue weighted by molar-refractivity contribution is 5.47. The first kappa shape index (κ1) is 9.53. The van der Waals surface area contributed by atoms with Crippen LogP contribution in [0, 0.1) is 5.92 Å². The van der Waals surface area contributed by atoms with Crippen LogP contribution < -0.4 is 5.73 Å². The molecule has 76 valence electrons. The van der Waals surface area contributed by atoms with Crippen molar-refractivity contribution >= 4 is 6.08 Å². The van der Waals surface area contributed by atoms with Crippen molar-refractivity contribution in [2.24, 2.45) is 11.7 Å². The van der Waals surface area contributed by atoms with Gasteiger partial charge in [0.15, 0.2) is 0 Å². The number of rotatable bonds is 3. The molecule has 2 rings (SSSR count). The maximum atomic E-state index is 5.72. The van der Waals surface area contributed by atoms with Gasteiger partial charge in [0.1, 0.15) is 11.5 Å². The predicted molar refractivity (Wildman–Crippen MR) is 57.9 cm³/mol. The second kappa shape index (κ2) is 3.62. The molecule has 2 nitrogen and oxygen atoms in total. The third-order valence-electron chi connectivity index (χ3n) is 2.83. The van der Waals surface area contributed by atoms with Crippen molar-refractivity contribution in [3.63, 3.8) is 0 Å². The third-order valence-corrected chi connectivity index (χ3v) is 2.83. The van der Waals surface area contributed by atoms with Gasteiger partial charge in [-0.1, -0.05) is 12.5 Å². The molecule has 0 saturated heterocycles. The molecule has 0 aliphatic heterocycles. The Kier molecular flexibility index (Phi) is 2.46. The van der Waals surface area contributed by atoms with Crippen LogP contribution in [0.2, 0.25) is 0 Å². The Hall–Kier alpha value is -1.02. The first-order chi connectivity index (χ1) is 6.70. The van der Waals surface area contributed by atoms with Crippen LogP contribution in [-0.2, 0) is 0 Å². The van der Waals surface area contributed by atoms with Gasteiger partial charge in [-0.15, -0.1) is 0 Å². The quantitative estimate of drug-likeness (QED) is 0.797. The predicted octanol–water partition coefficient (Wildman–Crippen LogP) is 2.77. The molecule has 0 aromatic carbocycles. The number of hydrogen-bond acceptors (Lipinski definition) is 2. The molecule has 2 unspecified atom stereocenters. The van der Waals surface area contributed by atoms with Crippen LogP contribution >= 0.6 is 0 Å². The fourth-order valence-corrected chi connectivity index (χ4v) is 1.67. The van der Waals surface area contributed by atoms with E-state index in [9.17, 15) is 0 Å². The molecule has 1 saturated carbocycles. The zero-order valence-corrected chi connectivity index (χ0v) is 8.79. The maximum absolute atomic E-state index is 5.72. The van der Waals surface area contributed by atoms with Crippen LogP contribution in [-0.4, -0.2) is 6.54 Å². The van der Waals surface area contributed by atoms with Crippen LogP contribution in [0.3, 0.4) is 0 Å². The van der Waals surface area contributed by atoms with Crippen LogP contribution in [0.1, 0.15) is 37.7 Å². The van der Waals surface area contributed by atoms with Crippen molar-refractivity contribution in [1.29, 1.82) is 0 Å². The summed E-state index contributed by atoms with van der Waals surface area (Å²) >= 11 is 0. The molecule has 1 aliphatic rings. The minimum absolute atomic E-state index is 0.593. The van der Waals surface area contributed by atoms with Crippen molar-refractivity contribution in [3.05, 3.63) is 29.2 Å². The van der Waals surface area contributed by atoms with Crippen molar-refractivity contribution in [2.45, 2.75) is 26.2 Å². The minimum Gasteiger partial charge on any atom is -0.461 e. The summed E-state index contributed by atoms with van der Waals surface area (Å²) in [7, 11) is 0. The van der Waals surface area contributed by atoms with Crippen LogP contribution in [0.4, 0.5) is 0 Å². The SMILES string of the molecule is CC(=Cc1ccc(C2CC2C)o1)CN. The summed E-state index contributed by atoms with van der Waals surface area (Å²) in [5.74, 6) is 3.53. The largest absolute Gasteiger partial charge is 0.461 e. The topological polar surface area (TPSA) is 39.2 Å². The highest BCUT2D eigenvalue weighted by Gasteiger charge is 2.36. The number of nitrogens with two attached hydrogens (primary N) is 1. The lowest BCUT2D eigenvalue weighted by molar-refractivity contribution is 0.497. The van der Waals surface area contributed by atoms with Gasteiger partial charge in [0, 0.05) is 12.5 Å². The summed E-state index contributed by atoms with van der Waals surface area (Å²) < 4.78 is 5.72. The first-order valence-electron chi connectivity index (χ1n) is 5.17. The van der Waals surface area contributed by atoms with Gasteiger partial charge in [-0.2, -0.15) is 0 Å². The van der Waals surface area contributed by atoms with Crippen molar-refractivity contribution in [2.75, 3.05) is 6.54 Å². The molecule has 14 heavy (non-hydrogen) atoms. The summed E-state index contributed by atoms with van der Waals surface area (Å²) in [6.45, 7) is 4.87. The van der Waals surface area contributed by atoms with E-state index >= 15 is 0 Å². The summed E-state index contributed by atoms with van der Waals surface area (Å²) in [4.78, 5) is 0. The van der Waals surface area contributed by atoms with E-state index in [1.54, 1.807) is 0 Å². The Balaban J connectivity index is 2.10. The van der Waals surface area contributed by atoms with E-state index in [4.69, 9.17) is 10.2 Å². The summed E-state index contributed by atoms with van der Waals surface area (Å²) in [6.07, 6.45) is 3.28. The standard InChI is InChI=1S/C12H17NO/c1-8(7-13)5-10-3-4-12(14-10)11-6-9(11)2/h3-5,9,11H,6-7,13H2,1-2H3. The zero-order chi connectivity index (χ0) is 10.1. The molecular weight excluding hydrogens is 174 g/mol. The number of hydrogen-bond donors (Lipinski definition) is 1. The van der Waals surface area contributed by atoms with Crippen LogP contribution in [0.5, 0.6) is 0 Å². The van der Waals surface area contributed by atoms with Crippen molar-refractivity contribution in [1.82, 2.24) is 0 Å². The smallest absolute Gasteiger partial charge is 0.127 e. The highest BCUT2D eigenvalue weighted by atomic mass is 16.3. The van der Waals surface area contributed by atoms with E-state index < -0.39 is 0 Å². The van der Waals surface area contributed by atoms with Crippen LogP contribution in [0.25, 0.3) is 6.08 Å². The third kappa shape index (κ3) is 1.90. The molecule has 1 heterocycles. The molecule has 1 aliphatic carbocycles. The molecule has 0 spiro atoms. The molecule has 1 aromatic heterocycles. The van der Waals surface area contributed by atoms with Gasteiger partial charge >= 0.3 is 0 Å². The highest BCUT2D eigenvalue weighted by Crippen LogP contribution is 2.47. The average Bonchev–Trinajstić information content (AvgIpc) is 2.73. The van der Waals surface area contributed by atoms with E-state index in [1.165, 1.54) is 6.42 Å². The van der Waals surface area contributed by atoms with Crippen LogP contribution in [0.15, 0.2) is 22.1 Å². The Labute approximate surface area is 84.8 Å². The average molecular weight is 191 g/mol. The van der Waals surface area contributed by atoms with E-state index in [2.05, 4.69) is 13.0 Å². The molecule has 2 atom stereocenters. The molecular formula is C12H17NO. The Morgan fingerprint density at radius 3 is 2.93 bits per heavy atom. The molecule has 1 aromatic rings. The van der Waals surface area contributed by atoms with Crippen molar-refractivity contribution in [3.8, 4) is 0 Å². The molecule has 0 amide bonds. The normalized spacial score (nSPS) is 26.6. The maximum Gasteiger partial charge on any atom is 0.127 e.